The zero-order valence-electron chi connectivity index (χ0n) is 5.94. The van der Waals surface area contributed by atoms with E-state index in [1.165, 1.54) is 6.92 Å². The fourth-order valence-electron chi connectivity index (χ4n) is 0.487. The maximum atomic E-state index is 10.4. The smallest absolute Gasteiger partial charge is 0.217 e. The first-order valence-corrected chi connectivity index (χ1v) is 3.82. The Morgan fingerprint density at radius 2 is 2.45 bits per heavy atom. The molecule has 0 heterocycles. The number of hydrogen-bond donors (Lipinski definition) is 1. The molecule has 0 bridgehead atoms. The molecule has 6 heteroatoms. The van der Waals surface area contributed by atoms with E-state index in [2.05, 4.69) is 9.90 Å². The molecular weight excluding hydrogens is 168 g/mol. The van der Waals surface area contributed by atoms with Gasteiger partial charge in [-0.05, 0) is 0 Å². The summed E-state index contributed by atoms with van der Waals surface area (Å²) >= 11 is 0.706. The van der Waals surface area contributed by atoms with Gasteiger partial charge in [0.1, 0.15) is 6.29 Å². The maximum Gasteiger partial charge on any atom is 0.217 e. The van der Waals surface area contributed by atoms with Gasteiger partial charge < -0.3 is 10.1 Å². The highest BCUT2D eigenvalue weighted by Crippen LogP contribution is 2.01. The van der Waals surface area contributed by atoms with E-state index in [1.807, 2.05) is 0 Å². The van der Waals surface area contributed by atoms with Crippen molar-refractivity contribution in [2.24, 2.45) is 4.58 Å². The van der Waals surface area contributed by atoms with Gasteiger partial charge >= 0.3 is 0 Å². The van der Waals surface area contributed by atoms with E-state index >= 15 is 0 Å². The number of nitroso groups, excluding NO2 is 1. The Kier molecular flexibility index (Phi) is 5.36. The topological polar surface area (TPSA) is 75.6 Å². The summed E-state index contributed by atoms with van der Waals surface area (Å²) in [5.74, 6) is -0.111. The van der Waals surface area contributed by atoms with Crippen LogP contribution in [0, 0.1) is 4.91 Å². The average Bonchev–Trinajstić information content (AvgIpc) is 1.97. The molecule has 11 heavy (non-hydrogen) atoms. The summed E-state index contributed by atoms with van der Waals surface area (Å²) < 4.78 is 2.49. The monoisotopic (exact) mass is 176 g/mol. The normalized spacial score (nSPS) is 11.7. The van der Waals surface area contributed by atoms with E-state index in [-0.39, 0.29) is 11.7 Å². The highest BCUT2D eigenvalue weighted by Gasteiger charge is 2.07. The lowest BCUT2D eigenvalue weighted by molar-refractivity contribution is -0.121. The quantitative estimate of drug-likeness (QED) is 0.366. The second-order valence-electron chi connectivity index (χ2n) is 1.81. The number of nitrogens with one attached hydrogen (secondary N) is 1. The molecule has 0 unspecified atom stereocenters. The van der Waals surface area contributed by atoms with Crippen molar-refractivity contribution in [3.05, 3.63) is 4.91 Å². The molecule has 0 rings (SSSR count). The van der Waals surface area contributed by atoms with Crippen LogP contribution < -0.4 is 5.32 Å². The lowest BCUT2D eigenvalue weighted by Crippen LogP contribution is -2.36. The summed E-state index contributed by atoms with van der Waals surface area (Å²) in [6, 6.07) is -0.616. The standard InChI is InChI=1S/C5H8N2O3S/c1-4(9)6-5(2-8)3-11-7-10/h2,5H,3H2,1H3,(H,6,9)/t5-/m0/s1. The summed E-state index contributed by atoms with van der Waals surface area (Å²) in [4.78, 5) is 30.2. The largest absolute Gasteiger partial charge is 0.346 e. The second kappa shape index (κ2) is 5.84. The third-order valence-electron chi connectivity index (χ3n) is 0.860. The van der Waals surface area contributed by atoms with Crippen molar-refractivity contribution in [2.75, 3.05) is 5.75 Å². The number of carbonyl (C=O) groups is 2. The summed E-state index contributed by atoms with van der Waals surface area (Å²) in [5, 5.41) is 2.34. The molecule has 0 aliphatic rings. The van der Waals surface area contributed by atoms with Crippen LogP contribution in [-0.2, 0) is 9.59 Å². The fraction of sp³-hybridized carbons (Fsp3) is 0.600. The minimum absolute atomic E-state index is 0.187. The predicted octanol–water partition coefficient (Wildman–Crippen LogP) is 0.105. The molecule has 62 valence electrons. The predicted molar refractivity (Wildman–Crippen MR) is 41.9 cm³/mol. The molecule has 0 aliphatic heterocycles. The Bertz CT molecular complexity index is 162. The van der Waals surface area contributed by atoms with Crippen molar-refractivity contribution in [2.45, 2.75) is 13.0 Å². The number of rotatable bonds is 5. The van der Waals surface area contributed by atoms with Gasteiger partial charge in [-0.15, -0.1) is 4.91 Å². The van der Waals surface area contributed by atoms with Gasteiger partial charge in [0.2, 0.25) is 5.91 Å². The minimum Gasteiger partial charge on any atom is -0.346 e. The Morgan fingerprint density at radius 3 is 2.82 bits per heavy atom. The number of hydrogen-bond acceptors (Lipinski definition) is 5. The molecule has 0 saturated heterocycles. The first-order chi connectivity index (χ1) is 5.20. The van der Waals surface area contributed by atoms with E-state index in [4.69, 9.17) is 0 Å². The first kappa shape index (κ1) is 10.1. The number of amides is 1. The molecule has 0 aliphatic carbocycles. The third-order valence-corrected chi connectivity index (χ3v) is 1.47. The molecule has 1 amide bonds. The van der Waals surface area contributed by atoms with Gasteiger partial charge in [-0.1, -0.05) is 0 Å². The Hall–Kier alpha value is -0.910. The van der Waals surface area contributed by atoms with Gasteiger partial charge in [0.05, 0.1) is 6.04 Å². The minimum atomic E-state index is -0.616. The van der Waals surface area contributed by atoms with Gasteiger partial charge in [0, 0.05) is 29.2 Å². The molecule has 1 atom stereocenters. The molecule has 0 fully saturated rings. The van der Waals surface area contributed by atoms with Crippen LogP contribution in [0.25, 0.3) is 0 Å². The van der Waals surface area contributed by atoms with Crippen molar-refractivity contribution in [3.8, 4) is 0 Å². The van der Waals surface area contributed by atoms with Crippen molar-refractivity contribution >= 4 is 24.1 Å². The summed E-state index contributed by atoms with van der Waals surface area (Å²) in [6.07, 6.45) is 0.569. The second-order valence-corrected chi connectivity index (χ2v) is 2.55. The summed E-state index contributed by atoms with van der Waals surface area (Å²) in [5.41, 5.74) is 0. The molecule has 0 aromatic rings. The third kappa shape index (κ3) is 5.53. The maximum absolute atomic E-state index is 10.4. The van der Waals surface area contributed by atoms with E-state index in [0.717, 1.165) is 0 Å². The van der Waals surface area contributed by atoms with Crippen LogP contribution in [0.3, 0.4) is 0 Å². The van der Waals surface area contributed by atoms with Crippen molar-refractivity contribution in [1.29, 1.82) is 0 Å². The number of nitrogens with zero attached hydrogens (tertiary/aromatic N) is 1. The number of aldehydes is 1. The van der Waals surface area contributed by atoms with Crippen molar-refractivity contribution in [3.63, 3.8) is 0 Å². The van der Waals surface area contributed by atoms with Crippen LogP contribution in [0.15, 0.2) is 4.58 Å². The van der Waals surface area contributed by atoms with Crippen LogP contribution in [0.1, 0.15) is 6.92 Å². The van der Waals surface area contributed by atoms with E-state index in [1.54, 1.807) is 0 Å². The summed E-state index contributed by atoms with van der Waals surface area (Å²) in [6.45, 7) is 1.30. The SMILES string of the molecule is CC(=O)N[C@@H](C=O)CSN=O. The molecule has 5 nitrogen and oxygen atoms in total. The van der Waals surface area contributed by atoms with Crippen molar-refractivity contribution < 1.29 is 9.59 Å². The Labute approximate surface area is 68.0 Å². The van der Waals surface area contributed by atoms with Crippen LogP contribution in [0.5, 0.6) is 0 Å². The van der Waals surface area contributed by atoms with Gasteiger partial charge in [-0.25, -0.2) is 0 Å². The highest BCUT2D eigenvalue weighted by molar-refractivity contribution is 7.97. The van der Waals surface area contributed by atoms with Crippen molar-refractivity contribution in [1.82, 2.24) is 5.32 Å². The fourth-order valence-corrected chi connectivity index (χ4v) is 0.870. The van der Waals surface area contributed by atoms with Crippen LogP contribution in [-0.4, -0.2) is 24.0 Å². The molecule has 0 saturated carbocycles. The molecule has 0 aromatic carbocycles. The molecule has 0 aromatic heterocycles. The first-order valence-electron chi connectivity index (χ1n) is 2.87. The average molecular weight is 176 g/mol. The van der Waals surface area contributed by atoms with Gasteiger partial charge in [0.25, 0.3) is 0 Å². The lowest BCUT2D eigenvalue weighted by atomic mass is 10.4. The van der Waals surface area contributed by atoms with E-state index in [9.17, 15) is 14.5 Å². The molecule has 0 spiro atoms. The zero-order chi connectivity index (χ0) is 8.69. The van der Waals surface area contributed by atoms with Crippen LogP contribution in [0.2, 0.25) is 0 Å². The van der Waals surface area contributed by atoms with E-state index in [0.29, 0.717) is 18.2 Å². The van der Waals surface area contributed by atoms with Crippen LogP contribution >= 0.6 is 11.9 Å². The number of carbonyl (C=O) groups excluding carboxylic acids is 2. The molecule has 0 radical (unpaired) electrons. The van der Waals surface area contributed by atoms with Gasteiger partial charge in [-0.3, -0.25) is 4.79 Å². The Morgan fingerprint density at radius 1 is 1.82 bits per heavy atom. The zero-order valence-corrected chi connectivity index (χ0v) is 6.76. The summed E-state index contributed by atoms with van der Waals surface area (Å²) in [7, 11) is 0. The van der Waals surface area contributed by atoms with Gasteiger partial charge in [-0.2, -0.15) is 0 Å². The Balaban J connectivity index is 3.65. The lowest BCUT2D eigenvalue weighted by Gasteiger charge is -2.06. The van der Waals surface area contributed by atoms with Crippen LogP contribution in [0.4, 0.5) is 0 Å². The molecule has 1 N–H and O–H groups in total. The molecular formula is C5H8N2O3S. The van der Waals surface area contributed by atoms with E-state index < -0.39 is 6.04 Å². The highest BCUT2D eigenvalue weighted by atomic mass is 32.2. The van der Waals surface area contributed by atoms with Gasteiger partial charge in [0.15, 0.2) is 0 Å².